The maximum atomic E-state index is 12.6. The number of benzene rings is 1. The lowest BCUT2D eigenvalue weighted by molar-refractivity contribution is -0.126. The number of tetrazole rings is 1. The molecule has 0 saturated heterocycles. The highest BCUT2D eigenvalue weighted by molar-refractivity contribution is 6.30. The molecule has 0 bridgehead atoms. The normalized spacial score (nSPS) is 11.1. The van der Waals surface area contributed by atoms with Crippen molar-refractivity contribution < 1.29 is 4.79 Å². The molecule has 0 atom stereocenters. The molecular weight excluding hydrogens is 376 g/mol. The molecule has 0 radical (unpaired) electrons. The number of carbonyl (C=O) groups excluding carboxylic acids is 1. The predicted octanol–water partition coefficient (Wildman–Crippen LogP) is 3.14. The van der Waals surface area contributed by atoms with E-state index in [0.717, 1.165) is 16.7 Å². The van der Waals surface area contributed by atoms with E-state index < -0.39 is 0 Å². The van der Waals surface area contributed by atoms with Crippen LogP contribution >= 0.6 is 11.6 Å². The fourth-order valence-electron chi connectivity index (χ4n) is 2.74. The third-order valence-corrected chi connectivity index (χ3v) is 4.43. The van der Waals surface area contributed by atoms with Crippen LogP contribution in [0.15, 0.2) is 48.8 Å². The molecule has 1 aromatic carbocycles. The highest BCUT2D eigenvalue weighted by atomic mass is 35.5. The molecule has 0 aliphatic rings. The third-order valence-electron chi connectivity index (χ3n) is 4.19. The summed E-state index contributed by atoms with van der Waals surface area (Å²) in [5.41, 5.74) is 2.83. The van der Waals surface area contributed by atoms with Crippen molar-refractivity contribution in [1.82, 2.24) is 30.1 Å². The van der Waals surface area contributed by atoms with Crippen LogP contribution in [0.2, 0.25) is 5.02 Å². The number of pyridine rings is 1. The molecule has 0 spiro atoms. The quantitative estimate of drug-likeness (QED) is 0.573. The van der Waals surface area contributed by atoms with E-state index in [-0.39, 0.29) is 5.91 Å². The van der Waals surface area contributed by atoms with Crippen LogP contribution in [0.1, 0.15) is 29.4 Å². The van der Waals surface area contributed by atoms with Crippen molar-refractivity contribution in [2.75, 3.05) is 6.54 Å². The van der Waals surface area contributed by atoms with E-state index in [9.17, 15) is 4.79 Å². The molecule has 1 amide bonds. The molecule has 0 N–H and O–H groups in total. The third kappa shape index (κ3) is 5.23. The van der Waals surface area contributed by atoms with Crippen molar-refractivity contribution in [2.24, 2.45) is 0 Å². The molecule has 2 aromatic heterocycles. The van der Waals surface area contributed by atoms with Gasteiger partial charge < -0.3 is 4.90 Å². The van der Waals surface area contributed by atoms with E-state index >= 15 is 0 Å². The van der Waals surface area contributed by atoms with Gasteiger partial charge in [-0.05, 0) is 66.1 Å². The molecule has 7 nitrogen and oxygen atoms in total. The molecule has 0 fully saturated rings. The first kappa shape index (κ1) is 19.7. The summed E-state index contributed by atoms with van der Waals surface area (Å²) in [5.74, 6) is 0.541. The second kappa shape index (κ2) is 9.23. The van der Waals surface area contributed by atoms with Gasteiger partial charge in [-0.25, -0.2) is 0 Å². The van der Waals surface area contributed by atoms with Crippen molar-refractivity contribution in [1.29, 1.82) is 0 Å². The number of hydrogen-bond acceptors (Lipinski definition) is 5. The Bertz CT molecular complexity index is 970. The van der Waals surface area contributed by atoms with Crippen LogP contribution in [0.25, 0.3) is 6.08 Å². The van der Waals surface area contributed by atoms with Gasteiger partial charge in [0.15, 0.2) is 5.82 Å². The van der Waals surface area contributed by atoms with Crippen LogP contribution in [-0.4, -0.2) is 42.5 Å². The van der Waals surface area contributed by atoms with Gasteiger partial charge in [0.2, 0.25) is 5.91 Å². The lowest BCUT2D eigenvalue weighted by atomic mass is 10.1. The molecule has 2 heterocycles. The Morgan fingerprint density at radius 3 is 2.71 bits per heavy atom. The summed E-state index contributed by atoms with van der Waals surface area (Å²) < 4.78 is 0. The molecular formula is C20H21ClN6O. The zero-order valence-electron chi connectivity index (χ0n) is 15.8. The highest BCUT2D eigenvalue weighted by Crippen LogP contribution is 2.18. The smallest absolute Gasteiger partial charge is 0.246 e. The largest absolute Gasteiger partial charge is 0.335 e. The Kier molecular flexibility index (Phi) is 6.49. The van der Waals surface area contributed by atoms with E-state index in [1.807, 2.05) is 31.2 Å². The van der Waals surface area contributed by atoms with Crippen LogP contribution in [0, 0.1) is 6.92 Å². The standard InChI is InChI=1S/C20H21ClN6O/c1-3-26(13-16-8-10-22-11-9-16)20(28)7-5-17-4-6-19(21)12-18(17)14-27-24-15(2)23-25-27/h4-12H,3,13-14H2,1-2H3. The van der Waals surface area contributed by atoms with Crippen molar-refractivity contribution in [3.63, 3.8) is 0 Å². The minimum Gasteiger partial charge on any atom is -0.335 e. The van der Waals surface area contributed by atoms with Crippen LogP contribution in [-0.2, 0) is 17.9 Å². The number of nitrogens with zero attached hydrogens (tertiary/aromatic N) is 6. The van der Waals surface area contributed by atoms with Crippen molar-refractivity contribution in [3.05, 3.63) is 76.3 Å². The monoisotopic (exact) mass is 396 g/mol. The number of rotatable bonds is 7. The molecule has 0 aliphatic heterocycles. The predicted molar refractivity (Wildman–Crippen MR) is 107 cm³/mol. The first-order chi connectivity index (χ1) is 13.5. The van der Waals surface area contributed by atoms with Crippen LogP contribution in [0.3, 0.4) is 0 Å². The van der Waals surface area contributed by atoms with Crippen LogP contribution < -0.4 is 0 Å². The Labute approximate surface area is 168 Å². The van der Waals surface area contributed by atoms with E-state index in [2.05, 4.69) is 20.4 Å². The first-order valence-corrected chi connectivity index (χ1v) is 9.31. The first-order valence-electron chi connectivity index (χ1n) is 8.94. The minimum atomic E-state index is -0.0602. The maximum absolute atomic E-state index is 12.6. The van der Waals surface area contributed by atoms with E-state index in [0.29, 0.717) is 30.5 Å². The second-order valence-electron chi connectivity index (χ2n) is 6.25. The molecule has 8 heteroatoms. The van der Waals surface area contributed by atoms with Crippen molar-refractivity contribution >= 4 is 23.6 Å². The van der Waals surface area contributed by atoms with Gasteiger partial charge in [-0.15, -0.1) is 10.2 Å². The number of aryl methyl sites for hydroxylation is 1. The van der Waals surface area contributed by atoms with Gasteiger partial charge in [0, 0.05) is 36.6 Å². The van der Waals surface area contributed by atoms with E-state index in [1.54, 1.807) is 42.4 Å². The number of carbonyl (C=O) groups is 1. The fraction of sp³-hybridized carbons (Fsp3) is 0.250. The SMILES string of the molecule is CCN(Cc1ccncc1)C(=O)C=Cc1ccc(Cl)cc1Cn1nnc(C)n1. The average Bonchev–Trinajstić information content (AvgIpc) is 3.10. The topological polar surface area (TPSA) is 76.8 Å². The van der Waals surface area contributed by atoms with Crippen molar-refractivity contribution in [2.45, 2.75) is 26.9 Å². The lowest BCUT2D eigenvalue weighted by Crippen LogP contribution is -2.28. The summed E-state index contributed by atoms with van der Waals surface area (Å²) in [6.45, 7) is 5.31. The zero-order chi connectivity index (χ0) is 19.9. The Hall–Kier alpha value is -3.06. The molecule has 0 aliphatic carbocycles. The molecule has 0 saturated carbocycles. The molecule has 3 rings (SSSR count). The minimum absolute atomic E-state index is 0.0602. The van der Waals surface area contributed by atoms with E-state index in [1.165, 1.54) is 4.80 Å². The summed E-state index contributed by atoms with van der Waals surface area (Å²) in [4.78, 5) is 19.9. The van der Waals surface area contributed by atoms with Crippen LogP contribution in [0.5, 0.6) is 0 Å². The Balaban J connectivity index is 1.76. The Morgan fingerprint density at radius 2 is 2.04 bits per heavy atom. The van der Waals surface area contributed by atoms with Gasteiger partial charge in [-0.2, -0.15) is 4.80 Å². The van der Waals surface area contributed by atoms with Gasteiger partial charge in [0.25, 0.3) is 0 Å². The van der Waals surface area contributed by atoms with Gasteiger partial charge >= 0.3 is 0 Å². The van der Waals surface area contributed by atoms with Gasteiger partial charge in [0.05, 0.1) is 6.54 Å². The number of amides is 1. The number of aromatic nitrogens is 5. The average molecular weight is 397 g/mol. The summed E-state index contributed by atoms with van der Waals surface area (Å²) >= 11 is 6.14. The van der Waals surface area contributed by atoms with Crippen molar-refractivity contribution in [3.8, 4) is 0 Å². The molecule has 0 unspecified atom stereocenters. The van der Waals surface area contributed by atoms with E-state index in [4.69, 9.17) is 11.6 Å². The zero-order valence-corrected chi connectivity index (χ0v) is 16.5. The Morgan fingerprint density at radius 1 is 1.25 bits per heavy atom. The summed E-state index contributed by atoms with van der Waals surface area (Å²) in [6, 6.07) is 9.33. The van der Waals surface area contributed by atoms with Crippen LogP contribution in [0.4, 0.5) is 0 Å². The summed E-state index contributed by atoms with van der Waals surface area (Å²) in [5, 5.41) is 12.7. The molecule has 28 heavy (non-hydrogen) atoms. The number of hydrogen-bond donors (Lipinski definition) is 0. The van der Waals surface area contributed by atoms with Gasteiger partial charge in [-0.1, -0.05) is 17.7 Å². The fourth-order valence-corrected chi connectivity index (χ4v) is 2.93. The van der Waals surface area contributed by atoms with Gasteiger partial charge in [0.1, 0.15) is 0 Å². The summed E-state index contributed by atoms with van der Waals surface area (Å²) in [6.07, 6.45) is 6.83. The highest BCUT2D eigenvalue weighted by Gasteiger charge is 2.10. The lowest BCUT2D eigenvalue weighted by Gasteiger charge is -2.19. The van der Waals surface area contributed by atoms with Gasteiger partial charge in [-0.3, -0.25) is 9.78 Å². The maximum Gasteiger partial charge on any atom is 0.246 e. The second-order valence-corrected chi connectivity index (χ2v) is 6.69. The molecule has 3 aromatic rings. The number of likely N-dealkylation sites (N-methyl/N-ethyl adjacent to an activating group) is 1. The summed E-state index contributed by atoms with van der Waals surface area (Å²) in [7, 11) is 0. The number of halogens is 1. The molecule has 144 valence electrons.